The molecule has 1 unspecified atom stereocenters. The van der Waals surface area contributed by atoms with Crippen molar-refractivity contribution in [3.05, 3.63) is 94.6 Å². The van der Waals surface area contributed by atoms with Gasteiger partial charge in [0.2, 0.25) is 11.8 Å². The number of nitrogens with zero attached hydrogens (tertiary/aromatic N) is 3. The third-order valence-corrected chi connectivity index (χ3v) is 8.15. The summed E-state index contributed by atoms with van der Waals surface area (Å²) in [5.41, 5.74) is 3.16. The Morgan fingerprint density at radius 1 is 0.951 bits per heavy atom. The molecule has 3 aliphatic heterocycles. The molecule has 210 valence electrons. The highest BCUT2D eigenvalue weighted by molar-refractivity contribution is 6.25. The van der Waals surface area contributed by atoms with Gasteiger partial charge in [-0.2, -0.15) is 0 Å². The number of carbonyl (C=O) groups excluding carboxylic acids is 4. The maximum absolute atomic E-state index is 15.1. The van der Waals surface area contributed by atoms with E-state index in [1.165, 1.54) is 6.07 Å². The van der Waals surface area contributed by atoms with Gasteiger partial charge in [-0.15, -0.1) is 0 Å². The van der Waals surface area contributed by atoms with E-state index in [1.54, 1.807) is 24.3 Å². The van der Waals surface area contributed by atoms with Crippen molar-refractivity contribution in [3.63, 3.8) is 0 Å². The Hall–Kier alpha value is -4.44. The van der Waals surface area contributed by atoms with E-state index in [0.717, 1.165) is 42.1 Å². The number of anilines is 1. The zero-order valence-corrected chi connectivity index (χ0v) is 22.4. The van der Waals surface area contributed by atoms with Gasteiger partial charge in [-0.3, -0.25) is 39.3 Å². The van der Waals surface area contributed by atoms with Gasteiger partial charge in [-0.25, -0.2) is 4.39 Å². The summed E-state index contributed by atoms with van der Waals surface area (Å²) in [5, 5.41) is 5.30. The molecule has 0 saturated carbocycles. The molecule has 1 atom stereocenters. The lowest BCUT2D eigenvalue weighted by Crippen LogP contribution is -2.54. The molecule has 0 radical (unpaired) electrons. The molecule has 3 aliphatic rings. The number of carbonyl (C=O) groups is 4. The van der Waals surface area contributed by atoms with Crippen LogP contribution in [0.5, 0.6) is 0 Å². The van der Waals surface area contributed by atoms with Crippen molar-refractivity contribution < 1.29 is 23.6 Å². The van der Waals surface area contributed by atoms with Crippen molar-refractivity contribution in [1.82, 2.24) is 20.1 Å². The van der Waals surface area contributed by atoms with Crippen molar-refractivity contribution in [2.45, 2.75) is 50.7 Å². The summed E-state index contributed by atoms with van der Waals surface area (Å²) < 4.78 is 15.1. The second-order valence-corrected chi connectivity index (χ2v) is 10.8. The van der Waals surface area contributed by atoms with Crippen molar-refractivity contribution in [1.29, 1.82) is 0 Å². The largest absolute Gasteiger partial charge is 0.380 e. The lowest BCUT2D eigenvalue weighted by atomic mass is 9.93. The maximum Gasteiger partial charge on any atom is 0.264 e. The van der Waals surface area contributed by atoms with Crippen LogP contribution in [0.25, 0.3) is 0 Å². The number of benzene rings is 2. The fourth-order valence-electron chi connectivity index (χ4n) is 5.95. The molecular formula is C31H30FN5O4. The number of amides is 4. The lowest BCUT2D eigenvalue weighted by Gasteiger charge is -2.31. The normalized spacial score (nSPS) is 19.8. The van der Waals surface area contributed by atoms with Crippen molar-refractivity contribution >= 4 is 29.3 Å². The summed E-state index contributed by atoms with van der Waals surface area (Å²) in [6, 6.07) is 15.0. The molecule has 41 heavy (non-hydrogen) atoms. The third kappa shape index (κ3) is 5.35. The highest BCUT2D eigenvalue weighted by atomic mass is 19.1. The minimum absolute atomic E-state index is 0.0492. The summed E-state index contributed by atoms with van der Waals surface area (Å²) in [5.74, 6) is -2.17. The van der Waals surface area contributed by atoms with E-state index in [9.17, 15) is 19.2 Å². The molecule has 2 aromatic carbocycles. The first-order valence-electron chi connectivity index (χ1n) is 13.9. The Morgan fingerprint density at radius 2 is 1.78 bits per heavy atom. The number of hydrogen-bond acceptors (Lipinski definition) is 7. The number of piperidine rings is 2. The van der Waals surface area contributed by atoms with Crippen LogP contribution in [-0.2, 0) is 22.7 Å². The van der Waals surface area contributed by atoms with Gasteiger partial charge < -0.3 is 5.32 Å². The minimum atomic E-state index is -1.04. The van der Waals surface area contributed by atoms with Gasteiger partial charge in [-0.1, -0.05) is 24.3 Å². The maximum atomic E-state index is 15.1. The third-order valence-electron chi connectivity index (χ3n) is 8.15. The van der Waals surface area contributed by atoms with E-state index in [0.29, 0.717) is 23.7 Å². The predicted octanol–water partition coefficient (Wildman–Crippen LogP) is 3.61. The number of pyridine rings is 1. The topological polar surface area (TPSA) is 112 Å². The zero-order chi connectivity index (χ0) is 28.5. The van der Waals surface area contributed by atoms with Crippen LogP contribution in [0.15, 0.2) is 60.8 Å². The number of likely N-dealkylation sites (tertiary alicyclic amines) is 1. The number of imide groups is 2. The smallest absolute Gasteiger partial charge is 0.264 e. The predicted molar refractivity (Wildman–Crippen MR) is 148 cm³/mol. The molecule has 4 heterocycles. The highest BCUT2D eigenvalue weighted by Gasteiger charge is 2.45. The standard InChI is InChI=1S/C31H30FN5O4/c32-23-16-19(18-36-14-11-20(12-15-36)24-5-1-2-13-33-24)7-8-21(23)17-34-25-6-3-4-22-28(25)31(41)37(30(22)40)26-9-10-27(38)35-29(26)39/h1-8,13,16,20,26,34H,9-12,14-15,17-18H2,(H,35,38,39). The Labute approximate surface area is 236 Å². The molecule has 0 spiro atoms. The van der Waals surface area contributed by atoms with Crippen LogP contribution in [0.2, 0.25) is 0 Å². The van der Waals surface area contributed by atoms with Gasteiger partial charge in [-0.05, 0) is 68.2 Å². The van der Waals surface area contributed by atoms with Gasteiger partial charge >= 0.3 is 0 Å². The number of halogens is 1. The van der Waals surface area contributed by atoms with Gasteiger partial charge in [0.15, 0.2) is 0 Å². The molecule has 0 bridgehead atoms. The number of hydrogen-bond donors (Lipinski definition) is 2. The Morgan fingerprint density at radius 3 is 2.51 bits per heavy atom. The highest BCUT2D eigenvalue weighted by Crippen LogP contribution is 2.33. The Kier molecular flexibility index (Phi) is 7.32. The monoisotopic (exact) mass is 555 g/mol. The number of aromatic nitrogens is 1. The van der Waals surface area contributed by atoms with E-state index >= 15 is 4.39 Å². The first-order valence-corrected chi connectivity index (χ1v) is 13.9. The molecule has 2 N–H and O–H groups in total. The number of nitrogens with one attached hydrogen (secondary N) is 2. The molecule has 10 heteroatoms. The second kappa shape index (κ2) is 11.2. The van der Waals surface area contributed by atoms with Crippen LogP contribution in [0.3, 0.4) is 0 Å². The summed E-state index contributed by atoms with van der Waals surface area (Å²) in [6.45, 7) is 2.62. The van der Waals surface area contributed by atoms with E-state index in [-0.39, 0.29) is 36.3 Å². The molecule has 4 amide bonds. The fourth-order valence-corrected chi connectivity index (χ4v) is 5.95. The van der Waals surface area contributed by atoms with Gasteiger partial charge in [0.05, 0.1) is 11.1 Å². The first-order chi connectivity index (χ1) is 19.9. The second-order valence-electron chi connectivity index (χ2n) is 10.8. The van der Waals surface area contributed by atoms with Crippen molar-refractivity contribution in [3.8, 4) is 0 Å². The van der Waals surface area contributed by atoms with Crippen LogP contribution in [0.1, 0.15) is 69.1 Å². The molecule has 3 aromatic rings. The lowest BCUT2D eigenvalue weighted by molar-refractivity contribution is -0.136. The number of fused-ring (bicyclic) bond motifs is 1. The zero-order valence-electron chi connectivity index (χ0n) is 22.4. The summed E-state index contributed by atoms with van der Waals surface area (Å²) in [7, 11) is 0. The van der Waals surface area contributed by atoms with Crippen LogP contribution in [0, 0.1) is 5.82 Å². The van der Waals surface area contributed by atoms with Crippen LogP contribution in [0.4, 0.5) is 10.1 Å². The van der Waals surface area contributed by atoms with Crippen LogP contribution in [-0.4, -0.2) is 57.5 Å². The fraction of sp³-hybridized carbons (Fsp3) is 0.323. The molecular weight excluding hydrogens is 525 g/mol. The van der Waals surface area contributed by atoms with E-state index < -0.39 is 29.7 Å². The molecule has 9 nitrogen and oxygen atoms in total. The van der Waals surface area contributed by atoms with E-state index in [1.807, 2.05) is 24.4 Å². The Bertz CT molecular complexity index is 1520. The molecule has 2 saturated heterocycles. The molecule has 2 fully saturated rings. The van der Waals surface area contributed by atoms with Gasteiger partial charge in [0.1, 0.15) is 11.9 Å². The average molecular weight is 556 g/mol. The summed E-state index contributed by atoms with van der Waals surface area (Å²) in [4.78, 5) is 58.0. The molecule has 6 rings (SSSR count). The Balaban J connectivity index is 1.09. The van der Waals surface area contributed by atoms with Gasteiger partial charge in [0.25, 0.3) is 11.8 Å². The van der Waals surface area contributed by atoms with E-state index in [4.69, 9.17) is 0 Å². The van der Waals surface area contributed by atoms with Crippen LogP contribution >= 0.6 is 0 Å². The molecule has 1 aromatic heterocycles. The van der Waals surface area contributed by atoms with Gasteiger partial charge in [0, 0.05) is 48.6 Å². The van der Waals surface area contributed by atoms with E-state index in [2.05, 4.69) is 26.6 Å². The minimum Gasteiger partial charge on any atom is -0.380 e. The molecule has 0 aliphatic carbocycles. The number of rotatable bonds is 7. The van der Waals surface area contributed by atoms with Crippen molar-refractivity contribution in [2.75, 3.05) is 18.4 Å². The SMILES string of the molecule is O=C1CCC(N2C(=O)c3cccc(NCc4ccc(CN5CCC(c6ccccn6)CC5)cc4F)c3C2=O)C(=O)N1. The quantitative estimate of drug-likeness (QED) is 0.429. The summed E-state index contributed by atoms with van der Waals surface area (Å²) >= 11 is 0. The van der Waals surface area contributed by atoms with Crippen molar-refractivity contribution in [2.24, 2.45) is 0 Å². The first kappa shape index (κ1) is 26.8. The van der Waals surface area contributed by atoms with Crippen LogP contribution < -0.4 is 10.6 Å². The summed E-state index contributed by atoms with van der Waals surface area (Å²) in [6.07, 6.45) is 4.00. The average Bonchev–Trinajstić information content (AvgIpc) is 3.23.